The van der Waals surface area contributed by atoms with Crippen LogP contribution < -0.4 is 10.6 Å². The Morgan fingerprint density at radius 1 is 1.10 bits per heavy atom. The first-order valence-electron chi connectivity index (χ1n) is 11.1. The van der Waals surface area contributed by atoms with Crippen molar-refractivity contribution in [3.8, 4) is 0 Å². The Labute approximate surface area is 177 Å². The van der Waals surface area contributed by atoms with Crippen molar-refractivity contribution < 1.29 is 4.74 Å². The maximum atomic E-state index is 5.48. The Kier molecular flexibility index (Phi) is 10.5. The Balaban J connectivity index is 1.92. The average molecular weight is 404 g/mol. The van der Waals surface area contributed by atoms with Gasteiger partial charge in [-0.05, 0) is 31.1 Å². The molecule has 0 aromatic heterocycles. The van der Waals surface area contributed by atoms with Crippen molar-refractivity contribution in [2.75, 3.05) is 54.0 Å². The molecule has 1 heterocycles. The first kappa shape index (κ1) is 23.6. The molecule has 29 heavy (non-hydrogen) atoms. The molecule has 1 saturated heterocycles. The number of likely N-dealkylation sites (N-methyl/N-ethyl adjacent to an activating group) is 1. The number of guanidine groups is 1. The fourth-order valence-corrected chi connectivity index (χ4v) is 4.09. The molecule has 1 aromatic carbocycles. The largest absolute Gasteiger partial charge is 0.379 e. The number of hydrogen-bond donors (Lipinski definition) is 2. The van der Waals surface area contributed by atoms with Crippen LogP contribution in [0.5, 0.6) is 0 Å². The van der Waals surface area contributed by atoms with Crippen LogP contribution in [0.4, 0.5) is 0 Å². The van der Waals surface area contributed by atoms with Gasteiger partial charge in [-0.2, -0.15) is 0 Å². The van der Waals surface area contributed by atoms with Gasteiger partial charge in [-0.3, -0.25) is 9.89 Å². The molecule has 6 heteroatoms. The van der Waals surface area contributed by atoms with Crippen molar-refractivity contribution in [2.24, 2.45) is 10.9 Å². The minimum Gasteiger partial charge on any atom is -0.379 e. The van der Waals surface area contributed by atoms with E-state index in [2.05, 4.69) is 77.6 Å². The summed E-state index contributed by atoms with van der Waals surface area (Å²) in [6.45, 7) is 10.9. The van der Waals surface area contributed by atoms with Gasteiger partial charge < -0.3 is 20.3 Å². The zero-order valence-electron chi connectivity index (χ0n) is 19.1. The highest BCUT2D eigenvalue weighted by Crippen LogP contribution is 2.16. The van der Waals surface area contributed by atoms with Crippen LogP contribution in [0.25, 0.3) is 0 Å². The van der Waals surface area contributed by atoms with Gasteiger partial charge in [0.25, 0.3) is 0 Å². The normalized spacial score (nSPS) is 17.0. The van der Waals surface area contributed by atoms with E-state index in [1.54, 1.807) is 0 Å². The quantitative estimate of drug-likeness (QED) is 0.464. The highest BCUT2D eigenvalue weighted by Gasteiger charge is 2.21. The van der Waals surface area contributed by atoms with E-state index in [0.717, 1.165) is 51.9 Å². The molecule has 2 N–H and O–H groups in total. The molecule has 0 bridgehead atoms. The van der Waals surface area contributed by atoms with Crippen molar-refractivity contribution in [3.63, 3.8) is 0 Å². The lowest BCUT2D eigenvalue weighted by molar-refractivity contribution is 0.0341. The summed E-state index contributed by atoms with van der Waals surface area (Å²) in [5.41, 5.74) is 2.70. The van der Waals surface area contributed by atoms with Crippen LogP contribution in [0.2, 0.25) is 0 Å². The lowest BCUT2D eigenvalue weighted by Gasteiger charge is -2.32. The average Bonchev–Trinajstić information content (AvgIpc) is 2.74. The lowest BCUT2D eigenvalue weighted by Crippen LogP contribution is -2.47. The highest BCUT2D eigenvalue weighted by molar-refractivity contribution is 5.79. The van der Waals surface area contributed by atoms with Crippen molar-refractivity contribution in [1.82, 2.24) is 20.4 Å². The summed E-state index contributed by atoms with van der Waals surface area (Å²) in [6, 6.07) is 9.19. The van der Waals surface area contributed by atoms with Crippen LogP contribution in [0, 0.1) is 5.92 Å². The number of rotatable bonds is 10. The molecule has 0 amide bonds. The summed E-state index contributed by atoms with van der Waals surface area (Å²) in [7, 11) is 6.18. The van der Waals surface area contributed by atoms with Crippen molar-refractivity contribution in [3.05, 3.63) is 35.4 Å². The second-order valence-electron chi connectivity index (χ2n) is 8.07. The van der Waals surface area contributed by atoms with E-state index in [-0.39, 0.29) is 0 Å². The van der Waals surface area contributed by atoms with E-state index in [1.165, 1.54) is 24.0 Å². The van der Waals surface area contributed by atoms with Crippen molar-refractivity contribution in [2.45, 2.75) is 45.8 Å². The zero-order valence-corrected chi connectivity index (χ0v) is 19.1. The van der Waals surface area contributed by atoms with Crippen LogP contribution in [-0.4, -0.2) is 75.8 Å². The molecular weight excluding hydrogens is 362 g/mol. The van der Waals surface area contributed by atoms with Crippen LogP contribution in [-0.2, 0) is 17.8 Å². The van der Waals surface area contributed by atoms with E-state index in [9.17, 15) is 0 Å². The van der Waals surface area contributed by atoms with E-state index < -0.39 is 0 Å². The molecule has 0 saturated carbocycles. The van der Waals surface area contributed by atoms with Gasteiger partial charge in [0.1, 0.15) is 0 Å². The molecule has 1 aromatic rings. The number of benzene rings is 1. The molecule has 164 valence electrons. The topological polar surface area (TPSA) is 52.1 Å². The zero-order chi connectivity index (χ0) is 21.1. The van der Waals surface area contributed by atoms with Gasteiger partial charge in [-0.25, -0.2) is 0 Å². The number of hydrogen-bond acceptors (Lipinski definition) is 4. The van der Waals surface area contributed by atoms with Gasteiger partial charge in [-0.1, -0.05) is 51.0 Å². The summed E-state index contributed by atoms with van der Waals surface area (Å²) < 4.78 is 5.48. The standard InChI is InChI=1S/C23H41N5O/c1-6-19(7-2)22(27(4)5)17-26-23(24-3)25-16-20-10-8-9-11-21(20)18-28-12-14-29-15-13-28/h8-11,19,22H,6-7,12-18H2,1-5H3,(H2,24,25,26). The highest BCUT2D eigenvalue weighted by atomic mass is 16.5. The van der Waals surface area contributed by atoms with E-state index in [1.807, 2.05) is 7.05 Å². The predicted molar refractivity (Wildman–Crippen MR) is 122 cm³/mol. The fraction of sp³-hybridized carbons (Fsp3) is 0.696. The Hall–Kier alpha value is -1.63. The van der Waals surface area contributed by atoms with Crippen LogP contribution in [0.15, 0.2) is 29.3 Å². The Morgan fingerprint density at radius 3 is 2.34 bits per heavy atom. The monoisotopic (exact) mass is 403 g/mol. The van der Waals surface area contributed by atoms with Crippen LogP contribution in [0.1, 0.15) is 37.8 Å². The third-order valence-corrected chi connectivity index (χ3v) is 6.02. The number of aliphatic imine (C=N–C) groups is 1. The summed E-state index contributed by atoms with van der Waals surface area (Å²) in [5.74, 6) is 1.55. The number of nitrogens with zero attached hydrogens (tertiary/aromatic N) is 3. The molecule has 0 radical (unpaired) electrons. The Morgan fingerprint density at radius 2 is 1.76 bits per heavy atom. The van der Waals surface area contributed by atoms with Crippen molar-refractivity contribution >= 4 is 5.96 Å². The van der Waals surface area contributed by atoms with Gasteiger partial charge >= 0.3 is 0 Å². The van der Waals surface area contributed by atoms with Gasteiger partial charge in [0.15, 0.2) is 5.96 Å². The molecule has 1 aliphatic heterocycles. The van der Waals surface area contributed by atoms with Gasteiger partial charge in [0, 0.05) is 45.8 Å². The second-order valence-corrected chi connectivity index (χ2v) is 8.07. The minimum atomic E-state index is 0.497. The first-order valence-corrected chi connectivity index (χ1v) is 11.1. The third kappa shape index (κ3) is 7.61. The summed E-state index contributed by atoms with van der Waals surface area (Å²) >= 11 is 0. The third-order valence-electron chi connectivity index (χ3n) is 6.02. The molecule has 2 rings (SSSR count). The summed E-state index contributed by atoms with van der Waals surface area (Å²) in [6.07, 6.45) is 2.39. The first-order chi connectivity index (χ1) is 14.1. The number of nitrogens with one attached hydrogen (secondary N) is 2. The Bertz CT molecular complexity index is 609. The SMILES string of the molecule is CCC(CC)C(CNC(=NC)NCc1ccccc1CN1CCOCC1)N(C)C. The van der Waals surface area contributed by atoms with Crippen LogP contribution >= 0.6 is 0 Å². The fourth-order valence-electron chi connectivity index (χ4n) is 4.09. The van der Waals surface area contributed by atoms with E-state index in [0.29, 0.717) is 12.0 Å². The number of morpholine rings is 1. The van der Waals surface area contributed by atoms with Gasteiger partial charge in [0.05, 0.1) is 13.2 Å². The molecule has 1 unspecified atom stereocenters. The maximum absolute atomic E-state index is 5.48. The van der Waals surface area contributed by atoms with E-state index >= 15 is 0 Å². The molecule has 1 aliphatic rings. The van der Waals surface area contributed by atoms with Crippen LogP contribution in [0.3, 0.4) is 0 Å². The molecule has 0 aliphatic carbocycles. The lowest BCUT2D eigenvalue weighted by atomic mass is 9.93. The number of ether oxygens (including phenoxy) is 1. The summed E-state index contributed by atoms with van der Waals surface area (Å²) in [5, 5.41) is 7.05. The summed E-state index contributed by atoms with van der Waals surface area (Å²) in [4.78, 5) is 9.23. The van der Waals surface area contributed by atoms with E-state index in [4.69, 9.17) is 4.74 Å². The molecule has 0 spiro atoms. The van der Waals surface area contributed by atoms with Crippen molar-refractivity contribution in [1.29, 1.82) is 0 Å². The maximum Gasteiger partial charge on any atom is 0.191 e. The predicted octanol–water partition coefficient (Wildman–Crippen LogP) is 2.55. The molecule has 6 nitrogen and oxygen atoms in total. The molecular formula is C23H41N5O. The van der Waals surface area contributed by atoms with Gasteiger partial charge in [-0.15, -0.1) is 0 Å². The smallest absolute Gasteiger partial charge is 0.191 e. The molecule has 1 fully saturated rings. The van der Waals surface area contributed by atoms with Gasteiger partial charge in [0.2, 0.25) is 0 Å². The minimum absolute atomic E-state index is 0.497. The molecule has 1 atom stereocenters. The second kappa shape index (κ2) is 12.8.